The number of Topliss-reactive ketones (excluding diaryl/α,β-unsaturated/α-hetero) is 1. The van der Waals surface area contributed by atoms with Gasteiger partial charge in [-0.25, -0.2) is 4.98 Å². The van der Waals surface area contributed by atoms with Crippen LogP contribution in [0.5, 0.6) is 0 Å². The zero-order valence-corrected chi connectivity index (χ0v) is 8.84. The summed E-state index contributed by atoms with van der Waals surface area (Å²) in [6, 6.07) is 1.80. The SMILES string of the molecule is CC(=N)C(C#N)C(=O)CSc1ncn[nH]1. The van der Waals surface area contributed by atoms with Crippen molar-refractivity contribution in [3.8, 4) is 6.07 Å². The van der Waals surface area contributed by atoms with Crippen LogP contribution in [0.25, 0.3) is 0 Å². The number of ketones is 1. The minimum absolute atomic E-state index is 0.0701. The Morgan fingerprint density at radius 1 is 1.87 bits per heavy atom. The predicted molar refractivity (Wildman–Crippen MR) is 54.6 cm³/mol. The zero-order valence-electron chi connectivity index (χ0n) is 8.02. The van der Waals surface area contributed by atoms with Crippen molar-refractivity contribution in [1.29, 1.82) is 10.7 Å². The largest absolute Gasteiger partial charge is 0.308 e. The third kappa shape index (κ3) is 3.18. The van der Waals surface area contributed by atoms with Gasteiger partial charge in [0, 0.05) is 5.71 Å². The summed E-state index contributed by atoms with van der Waals surface area (Å²) in [6.45, 7) is 1.45. The lowest BCUT2D eigenvalue weighted by Gasteiger charge is -2.04. The van der Waals surface area contributed by atoms with Crippen molar-refractivity contribution in [1.82, 2.24) is 15.2 Å². The van der Waals surface area contributed by atoms with Crippen molar-refractivity contribution in [2.75, 3.05) is 5.75 Å². The number of nitrogens with zero attached hydrogens (tertiary/aromatic N) is 3. The van der Waals surface area contributed by atoms with Crippen LogP contribution in [0.3, 0.4) is 0 Å². The van der Waals surface area contributed by atoms with E-state index >= 15 is 0 Å². The topological polar surface area (TPSA) is 106 Å². The molecule has 0 radical (unpaired) electrons. The van der Waals surface area contributed by atoms with Crippen LogP contribution in [0, 0.1) is 22.7 Å². The van der Waals surface area contributed by atoms with Gasteiger partial charge >= 0.3 is 0 Å². The third-order valence-corrected chi connectivity index (χ3v) is 2.53. The van der Waals surface area contributed by atoms with Gasteiger partial charge < -0.3 is 5.41 Å². The number of carbonyl (C=O) groups excluding carboxylic acids is 1. The van der Waals surface area contributed by atoms with Crippen LogP contribution >= 0.6 is 11.8 Å². The second kappa shape index (κ2) is 5.26. The van der Waals surface area contributed by atoms with E-state index in [0.717, 1.165) is 0 Å². The normalized spacial score (nSPS) is 11.7. The first-order valence-corrected chi connectivity index (χ1v) is 5.09. The molecule has 0 aliphatic heterocycles. The lowest BCUT2D eigenvalue weighted by Crippen LogP contribution is -2.21. The number of hydrogen-bond acceptors (Lipinski definition) is 6. The van der Waals surface area contributed by atoms with Crippen LogP contribution in [0.1, 0.15) is 6.92 Å². The molecule has 0 bridgehead atoms. The van der Waals surface area contributed by atoms with Gasteiger partial charge in [-0.1, -0.05) is 11.8 Å². The summed E-state index contributed by atoms with van der Waals surface area (Å²) in [4.78, 5) is 15.3. The first-order chi connectivity index (χ1) is 7.15. The Hall–Kier alpha value is -1.68. The molecule has 7 heteroatoms. The fraction of sp³-hybridized carbons (Fsp3) is 0.375. The quantitative estimate of drug-likeness (QED) is 0.563. The summed E-state index contributed by atoms with van der Waals surface area (Å²) < 4.78 is 0. The van der Waals surface area contributed by atoms with E-state index in [1.54, 1.807) is 6.07 Å². The highest BCUT2D eigenvalue weighted by Gasteiger charge is 2.20. The average molecular weight is 223 g/mol. The first-order valence-electron chi connectivity index (χ1n) is 4.10. The van der Waals surface area contributed by atoms with Gasteiger partial charge in [0.05, 0.1) is 11.8 Å². The van der Waals surface area contributed by atoms with Gasteiger partial charge in [0.2, 0.25) is 0 Å². The summed E-state index contributed by atoms with van der Waals surface area (Å²) in [6.07, 6.45) is 1.34. The number of aromatic amines is 1. The van der Waals surface area contributed by atoms with Crippen LogP contribution in [0.4, 0.5) is 0 Å². The molecule has 0 fully saturated rings. The van der Waals surface area contributed by atoms with Gasteiger partial charge in [0.15, 0.2) is 10.9 Å². The number of thioether (sulfide) groups is 1. The molecule has 0 aliphatic rings. The molecule has 78 valence electrons. The highest BCUT2D eigenvalue weighted by atomic mass is 32.2. The molecule has 0 aliphatic carbocycles. The van der Waals surface area contributed by atoms with Gasteiger partial charge in [0.25, 0.3) is 0 Å². The Labute approximate surface area is 90.6 Å². The molecule has 1 atom stereocenters. The standard InChI is InChI=1S/C8H9N5OS/c1-5(10)6(2-9)7(14)3-15-8-11-4-12-13-8/h4,6,10H,3H2,1H3,(H,11,12,13). The molecule has 1 unspecified atom stereocenters. The number of nitriles is 1. The summed E-state index contributed by atoms with van der Waals surface area (Å²) in [5.41, 5.74) is 0.0701. The van der Waals surface area contributed by atoms with Crippen molar-refractivity contribution in [3.63, 3.8) is 0 Å². The second-order valence-corrected chi connectivity index (χ2v) is 3.75. The third-order valence-electron chi connectivity index (χ3n) is 1.63. The lowest BCUT2D eigenvalue weighted by atomic mass is 10.0. The van der Waals surface area contributed by atoms with Gasteiger partial charge in [-0.05, 0) is 6.92 Å². The van der Waals surface area contributed by atoms with Crippen LogP contribution in [-0.2, 0) is 4.79 Å². The predicted octanol–water partition coefficient (Wildman–Crippen LogP) is 0.645. The van der Waals surface area contributed by atoms with E-state index in [0.29, 0.717) is 5.16 Å². The number of nitrogens with one attached hydrogen (secondary N) is 2. The minimum Gasteiger partial charge on any atom is -0.308 e. The Balaban J connectivity index is 2.49. The molecule has 0 saturated heterocycles. The maximum absolute atomic E-state index is 11.5. The summed E-state index contributed by atoms with van der Waals surface area (Å²) in [7, 11) is 0. The highest BCUT2D eigenvalue weighted by molar-refractivity contribution is 7.99. The van der Waals surface area contributed by atoms with E-state index in [1.807, 2.05) is 0 Å². The number of hydrogen-bond donors (Lipinski definition) is 2. The van der Waals surface area contributed by atoms with Gasteiger partial charge in [0.1, 0.15) is 12.2 Å². The number of rotatable bonds is 5. The summed E-state index contributed by atoms with van der Waals surface area (Å²) in [5.74, 6) is -1.12. The van der Waals surface area contributed by atoms with Crippen molar-refractivity contribution in [2.24, 2.45) is 5.92 Å². The molecule has 1 aromatic rings. The van der Waals surface area contributed by atoms with E-state index in [1.165, 1.54) is 25.0 Å². The number of aromatic nitrogens is 3. The van der Waals surface area contributed by atoms with Crippen molar-refractivity contribution in [2.45, 2.75) is 12.1 Å². The Kier molecular flexibility index (Phi) is 4.00. The number of H-pyrrole nitrogens is 1. The van der Waals surface area contributed by atoms with Gasteiger partial charge in [-0.3, -0.25) is 9.89 Å². The van der Waals surface area contributed by atoms with Crippen LogP contribution in [-0.4, -0.2) is 32.4 Å². The van der Waals surface area contributed by atoms with E-state index in [4.69, 9.17) is 10.7 Å². The molecule has 1 heterocycles. The average Bonchev–Trinajstić information content (AvgIpc) is 2.67. The van der Waals surface area contributed by atoms with Gasteiger partial charge in [-0.2, -0.15) is 10.4 Å². The Morgan fingerprint density at radius 3 is 3.07 bits per heavy atom. The molecule has 0 aromatic carbocycles. The molecular formula is C8H9N5OS. The van der Waals surface area contributed by atoms with Crippen molar-refractivity contribution < 1.29 is 4.79 Å². The number of carbonyl (C=O) groups is 1. The maximum Gasteiger partial charge on any atom is 0.183 e. The Bertz CT molecular complexity index is 394. The smallest absolute Gasteiger partial charge is 0.183 e. The zero-order chi connectivity index (χ0) is 11.3. The van der Waals surface area contributed by atoms with Crippen LogP contribution in [0.2, 0.25) is 0 Å². The fourth-order valence-corrected chi connectivity index (χ4v) is 1.58. The summed E-state index contributed by atoms with van der Waals surface area (Å²) >= 11 is 1.17. The molecule has 0 spiro atoms. The van der Waals surface area contributed by atoms with Crippen molar-refractivity contribution in [3.05, 3.63) is 6.33 Å². The van der Waals surface area contributed by atoms with E-state index in [2.05, 4.69) is 15.2 Å². The van der Waals surface area contributed by atoms with E-state index < -0.39 is 5.92 Å². The molecule has 15 heavy (non-hydrogen) atoms. The van der Waals surface area contributed by atoms with Crippen LogP contribution in [0.15, 0.2) is 11.5 Å². The maximum atomic E-state index is 11.5. The minimum atomic E-state index is -0.944. The molecule has 0 saturated carbocycles. The Morgan fingerprint density at radius 2 is 2.60 bits per heavy atom. The molecule has 0 amide bonds. The lowest BCUT2D eigenvalue weighted by molar-refractivity contribution is -0.117. The molecule has 6 nitrogen and oxygen atoms in total. The second-order valence-electron chi connectivity index (χ2n) is 2.79. The molecule has 1 rings (SSSR count). The van der Waals surface area contributed by atoms with E-state index in [-0.39, 0.29) is 17.2 Å². The summed E-state index contributed by atoms with van der Waals surface area (Å²) in [5, 5.41) is 22.7. The van der Waals surface area contributed by atoms with E-state index in [9.17, 15) is 4.79 Å². The van der Waals surface area contributed by atoms with Crippen LogP contribution < -0.4 is 0 Å². The van der Waals surface area contributed by atoms with Gasteiger partial charge in [-0.15, -0.1) is 0 Å². The highest BCUT2D eigenvalue weighted by Crippen LogP contribution is 2.13. The molecular weight excluding hydrogens is 214 g/mol. The molecule has 1 aromatic heterocycles. The van der Waals surface area contributed by atoms with Crippen molar-refractivity contribution >= 4 is 23.3 Å². The molecule has 2 N–H and O–H groups in total. The monoisotopic (exact) mass is 223 g/mol. The fourth-order valence-electron chi connectivity index (χ4n) is 0.897. The first kappa shape index (κ1) is 11.4.